The highest BCUT2D eigenvalue weighted by atomic mass is 32.1. The topological polar surface area (TPSA) is 81.8 Å². The van der Waals surface area contributed by atoms with E-state index in [1.165, 1.54) is 7.05 Å². The summed E-state index contributed by atoms with van der Waals surface area (Å²) in [6.45, 7) is 3.15. The Morgan fingerprint density at radius 2 is 2.23 bits per heavy atom. The molecule has 0 radical (unpaired) electrons. The molecule has 0 bridgehead atoms. The molecule has 0 aromatic carbocycles. The fourth-order valence-electron chi connectivity index (χ4n) is 2.87. The van der Waals surface area contributed by atoms with E-state index in [2.05, 4.69) is 10.6 Å². The molecule has 1 aromatic heterocycles. The molecular formula is C14H18N4O3S. The lowest BCUT2D eigenvalue weighted by atomic mass is 9.99. The lowest BCUT2D eigenvalue weighted by Crippen LogP contribution is -2.50. The minimum atomic E-state index is -0.943. The Morgan fingerprint density at radius 1 is 1.45 bits per heavy atom. The van der Waals surface area contributed by atoms with Crippen molar-refractivity contribution in [2.75, 3.05) is 20.1 Å². The first-order chi connectivity index (χ1) is 10.4. The quantitative estimate of drug-likeness (QED) is 0.794. The van der Waals surface area contributed by atoms with Crippen LogP contribution in [0.25, 0.3) is 0 Å². The van der Waals surface area contributed by atoms with Crippen molar-refractivity contribution >= 4 is 29.3 Å². The van der Waals surface area contributed by atoms with Gasteiger partial charge in [0.25, 0.3) is 5.91 Å². The molecule has 1 unspecified atom stereocenters. The molecule has 118 valence electrons. The van der Waals surface area contributed by atoms with E-state index >= 15 is 0 Å². The molecule has 1 aromatic rings. The zero-order valence-electron chi connectivity index (χ0n) is 12.5. The zero-order valence-corrected chi connectivity index (χ0v) is 13.3. The predicted molar refractivity (Wildman–Crippen MR) is 81.5 cm³/mol. The average molecular weight is 322 g/mol. The second-order valence-corrected chi connectivity index (χ2v) is 6.53. The normalized spacial score (nSPS) is 24.3. The van der Waals surface area contributed by atoms with E-state index in [9.17, 15) is 14.4 Å². The van der Waals surface area contributed by atoms with Gasteiger partial charge in [-0.05, 0) is 35.2 Å². The fourth-order valence-corrected chi connectivity index (χ4v) is 3.72. The van der Waals surface area contributed by atoms with Crippen molar-refractivity contribution in [2.24, 2.45) is 0 Å². The number of nitrogens with one attached hydrogen (secondary N) is 2. The van der Waals surface area contributed by atoms with Crippen LogP contribution in [0.15, 0.2) is 10.8 Å². The van der Waals surface area contributed by atoms with Crippen molar-refractivity contribution in [1.29, 1.82) is 0 Å². The van der Waals surface area contributed by atoms with Crippen molar-refractivity contribution < 1.29 is 14.4 Å². The SMILES string of the molecule is Cc1cscc1CNC(=O)N1CCC2(C1)NC(=O)N(C)C2=O. The van der Waals surface area contributed by atoms with Crippen LogP contribution in [0.3, 0.4) is 0 Å². The molecule has 2 fully saturated rings. The van der Waals surface area contributed by atoms with Crippen LogP contribution < -0.4 is 10.6 Å². The van der Waals surface area contributed by atoms with Crippen molar-refractivity contribution in [3.8, 4) is 0 Å². The molecule has 5 amide bonds. The van der Waals surface area contributed by atoms with E-state index < -0.39 is 11.6 Å². The lowest BCUT2D eigenvalue weighted by molar-refractivity contribution is -0.129. The molecule has 3 rings (SSSR count). The number of likely N-dealkylation sites (tertiary alicyclic amines) is 1. The Hall–Kier alpha value is -2.09. The number of hydrogen-bond acceptors (Lipinski definition) is 4. The highest BCUT2D eigenvalue weighted by Crippen LogP contribution is 2.28. The van der Waals surface area contributed by atoms with E-state index in [-0.39, 0.29) is 18.5 Å². The minimum Gasteiger partial charge on any atom is -0.334 e. The molecule has 1 spiro atoms. The summed E-state index contributed by atoms with van der Waals surface area (Å²) in [5.74, 6) is -0.263. The second-order valence-electron chi connectivity index (χ2n) is 5.79. The average Bonchev–Trinajstić information content (AvgIpc) is 3.15. The van der Waals surface area contributed by atoms with Crippen LogP contribution in [0.2, 0.25) is 0 Å². The van der Waals surface area contributed by atoms with Crippen LogP contribution in [0.4, 0.5) is 9.59 Å². The molecule has 0 saturated carbocycles. The number of rotatable bonds is 2. The number of amides is 5. The Kier molecular flexibility index (Phi) is 3.56. The third-order valence-electron chi connectivity index (χ3n) is 4.31. The molecule has 2 N–H and O–H groups in total. The molecule has 22 heavy (non-hydrogen) atoms. The highest BCUT2D eigenvalue weighted by Gasteiger charge is 2.54. The van der Waals surface area contributed by atoms with Crippen molar-refractivity contribution in [3.63, 3.8) is 0 Å². The number of hydrogen-bond donors (Lipinski definition) is 2. The largest absolute Gasteiger partial charge is 0.334 e. The predicted octanol–water partition coefficient (Wildman–Crippen LogP) is 0.892. The van der Waals surface area contributed by atoms with Crippen molar-refractivity contribution in [1.82, 2.24) is 20.4 Å². The summed E-state index contributed by atoms with van der Waals surface area (Å²) in [4.78, 5) is 38.7. The number of urea groups is 2. The van der Waals surface area contributed by atoms with Gasteiger partial charge in [0.1, 0.15) is 5.54 Å². The van der Waals surface area contributed by atoms with E-state index in [0.717, 1.165) is 16.0 Å². The standard InChI is InChI=1S/C14H18N4O3S/c1-9-6-22-7-10(9)5-15-12(20)18-4-3-14(8-18)11(19)17(2)13(21)16-14/h6-7H,3-5,8H2,1-2H3,(H,15,20)(H,16,21). The maximum atomic E-state index is 12.2. The number of nitrogens with zero attached hydrogens (tertiary/aromatic N) is 2. The van der Waals surface area contributed by atoms with Gasteiger partial charge in [0.05, 0.1) is 6.54 Å². The van der Waals surface area contributed by atoms with Gasteiger partial charge >= 0.3 is 12.1 Å². The molecule has 1 atom stereocenters. The van der Waals surface area contributed by atoms with Crippen LogP contribution in [0.5, 0.6) is 0 Å². The van der Waals surface area contributed by atoms with E-state index in [4.69, 9.17) is 0 Å². The van der Waals surface area contributed by atoms with E-state index in [1.807, 2.05) is 17.7 Å². The van der Waals surface area contributed by atoms with Crippen LogP contribution >= 0.6 is 11.3 Å². The van der Waals surface area contributed by atoms with Gasteiger partial charge in [-0.3, -0.25) is 9.69 Å². The fraction of sp³-hybridized carbons (Fsp3) is 0.500. The van der Waals surface area contributed by atoms with Crippen molar-refractivity contribution in [3.05, 3.63) is 21.9 Å². The summed E-state index contributed by atoms with van der Waals surface area (Å²) in [5, 5.41) is 9.62. The van der Waals surface area contributed by atoms with Gasteiger partial charge in [-0.15, -0.1) is 0 Å². The summed E-state index contributed by atoms with van der Waals surface area (Å²) >= 11 is 1.60. The van der Waals surface area contributed by atoms with Gasteiger partial charge in [-0.1, -0.05) is 0 Å². The number of carbonyl (C=O) groups is 3. The first-order valence-electron chi connectivity index (χ1n) is 7.08. The highest BCUT2D eigenvalue weighted by molar-refractivity contribution is 7.08. The summed E-state index contributed by atoms with van der Waals surface area (Å²) in [5.41, 5.74) is 1.31. The number of aryl methyl sites for hydroxylation is 1. The smallest absolute Gasteiger partial charge is 0.324 e. The number of thiophene rings is 1. The molecule has 2 aliphatic rings. The maximum Gasteiger partial charge on any atom is 0.324 e. The van der Waals surface area contributed by atoms with Crippen LogP contribution in [-0.2, 0) is 11.3 Å². The molecule has 7 nitrogen and oxygen atoms in total. The first kappa shape index (κ1) is 14.8. The molecule has 2 aliphatic heterocycles. The van der Waals surface area contributed by atoms with Gasteiger partial charge in [-0.25, -0.2) is 9.59 Å². The molecular weight excluding hydrogens is 304 g/mol. The van der Waals surface area contributed by atoms with Gasteiger partial charge < -0.3 is 15.5 Å². The lowest BCUT2D eigenvalue weighted by Gasteiger charge is -2.21. The Morgan fingerprint density at radius 3 is 2.82 bits per heavy atom. The first-order valence-corrected chi connectivity index (χ1v) is 8.02. The molecule has 2 saturated heterocycles. The van der Waals surface area contributed by atoms with Crippen LogP contribution in [0.1, 0.15) is 17.5 Å². The minimum absolute atomic E-state index is 0.209. The zero-order chi connectivity index (χ0) is 15.9. The second kappa shape index (κ2) is 5.28. The van der Waals surface area contributed by atoms with E-state index in [0.29, 0.717) is 19.5 Å². The summed E-state index contributed by atoms with van der Waals surface area (Å²) in [6.07, 6.45) is 0.451. The molecule has 3 heterocycles. The summed E-state index contributed by atoms with van der Waals surface area (Å²) in [6, 6.07) is -0.611. The molecule has 8 heteroatoms. The number of carbonyl (C=O) groups excluding carboxylic acids is 3. The van der Waals surface area contributed by atoms with Crippen molar-refractivity contribution in [2.45, 2.75) is 25.4 Å². The van der Waals surface area contributed by atoms with Crippen LogP contribution in [-0.4, -0.2) is 53.4 Å². The maximum absolute atomic E-state index is 12.2. The third-order valence-corrected chi connectivity index (χ3v) is 5.22. The van der Waals surface area contributed by atoms with Gasteiger partial charge in [0.2, 0.25) is 0 Å². The number of likely N-dealkylation sites (N-methyl/N-ethyl adjacent to an activating group) is 1. The number of imide groups is 1. The van der Waals surface area contributed by atoms with Gasteiger partial charge in [0.15, 0.2) is 0 Å². The van der Waals surface area contributed by atoms with Crippen LogP contribution in [0, 0.1) is 6.92 Å². The Labute approximate surface area is 132 Å². The Balaban J connectivity index is 1.61. The summed E-state index contributed by atoms with van der Waals surface area (Å²) in [7, 11) is 1.45. The molecule has 0 aliphatic carbocycles. The monoisotopic (exact) mass is 322 g/mol. The summed E-state index contributed by atoms with van der Waals surface area (Å²) < 4.78 is 0. The third kappa shape index (κ3) is 2.33. The van der Waals surface area contributed by atoms with E-state index in [1.54, 1.807) is 16.2 Å². The Bertz CT molecular complexity index is 644. The van der Waals surface area contributed by atoms with Gasteiger partial charge in [0, 0.05) is 20.1 Å². The van der Waals surface area contributed by atoms with Gasteiger partial charge in [-0.2, -0.15) is 11.3 Å².